The third kappa shape index (κ3) is 1.99. The third-order valence-electron chi connectivity index (χ3n) is 1.98. The van der Waals surface area contributed by atoms with Crippen LogP contribution in [0, 0.1) is 0 Å². The van der Waals surface area contributed by atoms with Gasteiger partial charge in [0.25, 0.3) is 6.47 Å². The zero-order valence-corrected chi connectivity index (χ0v) is 9.97. The average Bonchev–Trinajstić information content (AvgIpc) is 2.82. The number of aryl methyl sites for hydroxylation is 1. The van der Waals surface area contributed by atoms with Crippen LogP contribution in [-0.4, -0.2) is 21.2 Å². The van der Waals surface area contributed by atoms with Gasteiger partial charge in [-0.25, -0.2) is 9.67 Å². The Morgan fingerprint density at radius 2 is 2.50 bits per heavy atom. The van der Waals surface area contributed by atoms with Gasteiger partial charge < -0.3 is 9.15 Å². The van der Waals surface area contributed by atoms with Crippen LogP contribution in [0.5, 0.6) is 0 Å². The molecule has 0 unspecified atom stereocenters. The van der Waals surface area contributed by atoms with Gasteiger partial charge in [-0.05, 0) is 22.0 Å². The summed E-state index contributed by atoms with van der Waals surface area (Å²) in [5, 5.41) is 3.96. The molecule has 0 radical (unpaired) electrons. The second-order valence-electron chi connectivity index (χ2n) is 3.01. The van der Waals surface area contributed by atoms with Crippen LogP contribution in [0.25, 0.3) is 11.4 Å². The van der Waals surface area contributed by atoms with Gasteiger partial charge in [-0.2, -0.15) is 5.10 Å². The molecule has 0 spiro atoms. The lowest BCUT2D eigenvalue weighted by Crippen LogP contribution is -1.93. The lowest BCUT2D eigenvalue weighted by Gasteiger charge is -1.95. The quantitative estimate of drug-likeness (QED) is 0.797. The predicted octanol–water partition coefficient (Wildman–Crippen LogP) is 1.51. The van der Waals surface area contributed by atoms with Gasteiger partial charge in [-0.15, -0.1) is 0 Å². The van der Waals surface area contributed by atoms with E-state index in [2.05, 4.69) is 30.7 Å². The molecule has 2 aromatic rings. The van der Waals surface area contributed by atoms with Crippen molar-refractivity contribution >= 4 is 22.4 Å². The highest BCUT2D eigenvalue weighted by molar-refractivity contribution is 9.10. The molecule has 16 heavy (non-hydrogen) atoms. The normalized spacial score (nSPS) is 10.4. The number of carbonyl (C=O) groups excluding carboxylic acids is 1. The molecular formula is C9H8BrN3O3. The first-order chi connectivity index (χ1) is 7.72. The number of halogens is 1. The molecule has 0 atom stereocenters. The van der Waals surface area contributed by atoms with Gasteiger partial charge in [0, 0.05) is 7.05 Å². The van der Waals surface area contributed by atoms with Crippen LogP contribution in [0.1, 0.15) is 5.76 Å². The Morgan fingerprint density at radius 3 is 3.12 bits per heavy atom. The van der Waals surface area contributed by atoms with Crippen LogP contribution in [0.3, 0.4) is 0 Å². The Labute approximate surface area is 99.3 Å². The molecule has 0 aliphatic rings. The number of ether oxygens (including phenoxy) is 1. The molecule has 0 aliphatic carbocycles. The largest absolute Gasteiger partial charge is 0.460 e. The zero-order chi connectivity index (χ0) is 11.5. The second-order valence-corrected chi connectivity index (χ2v) is 3.73. The van der Waals surface area contributed by atoms with E-state index in [0.717, 1.165) is 5.56 Å². The number of hydrogen-bond donors (Lipinski definition) is 0. The van der Waals surface area contributed by atoms with E-state index in [1.807, 2.05) is 0 Å². The van der Waals surface area contributed by atoms with Crippen molar-refractivity contribution in [2.24, 2.45) is 7.05 Å². The molecule has 6 nitrogen and oxygen atoms in total. The molecule has 0 aromatic carbocycles. The zero-order valence-electron chi connectivity index (χ0n) is 8.38. The van der Waals surface area contributed by atoms with E-state index in [1.165, 1.54) is 6.33 Å². The summed E-state index contributed by atoms with van der Waals surface area (Å²) in [6.07, 6.45) is 1.45. The van der Waals surface area contributed by atoms with Gasteiger partial charge in [-0.3, -0.25) is 4.79 Å². The molecule has 2 aromatic heterocycles. The van der Waals surface area contributed by atoms with Gasteiger partial charge in [0.05, 0.1) is 5.56 Å². The summed E-state index contributed by atoms with van der Waals surface area (Å²) in [4.78, 5) is 14.1. The van der Waals surface area contributed by atoms with Crippen LogP contribution in [-0.2, 0) is 23.2 Å². The first-order valence-electron chi connectivity index (χ1n) is 4.40. The van der Waals surface area contributed by atoms with E-state index in [-0.39, 0.29) is 6.61 Å². The fourth-order valence-corrected chi connectivity index (χ4v) is 1.80. The fourth-order valence-electron chi connectivity index (χ4n) is 1.30. The van der Waals surface area contributed by atoms with E-state index in [4.69, 9.17) is 4.42 Å². The highest BCUT2D eigenvalue weighted by atomic mass is 79.9. The second kappa shape index (κ2) is 4.48. The molecule has 0 saturated heterocycles. The molecule has 7 heteroatoms. The van der Waals surface area contributed by atoms with Gasteiger partial charge in [0.15, 0.2) is 10.5 Å². The number of rotatable bonds is 4. The first-order valence-corrected chi connectivity index (χ1v) is 5.19. The number of nitrogens with zero attached hydrogens (tertiary/aromatic N) is 3. The molecule has 0 bridgehead atoms. The fraction of sp³-hybridized carbons (Fsp3) is 0.222. The lowest BCUT2D eigenvalue weighted by molar-refractivity contribution is -0.130. The van der Waals surface area contributed by atoms with Crippen molar-refractivity contribution in [3.8, 4) is 11.4 Å². The Bertz CT molecular complexity index is 506. The summed E-state index contributed by atoms with van der Waals surface area (Å²) in [6.45, 7) is 0.471. The summed E-state index contributed by atoms with van der Waals surface area (Å²) in [5.74, 6) is 1.21. The van der Waals surface area contributed by atoms with Crippen LogP contribution in [0.2, 0.25) is 0 Å². The van der Waals surface area contributed by atoms with E-state index in [0.29, 0.717) is 22.7 Å². The highest BCUT2D eigenvalue weighted by Crippen LogP contribution is 2.30. The summed E-state index contributed by atoms with van der Waals surface area (Å²) in [5.41, 5.74) is 0.768. The Morgan fingerprint density at radius 1 is 1.69 bits per heavy atom. The van der Waals surface area contributed by atoms with Crippen LogP contribution in [0.4, 0.5) is 0 Å². The predicted molar refractivity (Wildman–Crippen MR) is 57.3 cm³/mol. The number of hydrogen-bond acceptors (Lipinski definition) is 5. The van der Waals surface area contributed by atoms with Gasteiger partial charge in [-0.1, -0.05) is 0 Å². The van der Waals surface area contributed by atoms with Crippen LogP contribution >= 0.6 is 15.9 Å². The molecule has 0 amide bonds. The maximum Gasteiger partial charge on any atom is 0.293 e. The van der Waals surface area contributed by atoms with Crippen molar-refractivity contribution in [3.05, 3.63) is 22.8 Å². The summed E-state index contributed by atoms with van der Waals surface area (Å²) in [6, 6.07) is 1.75. The van der Waals surface area contributed by atoms with E-state index >= 15 is 0 Å². The number of carbonyl (C=O) groups is 1. The highest BCUT2D eigenvalue weighted by Gasteiger charge is 2.14. The van der Waals surface area contributed by atoms with Crippen LogP contribution in [0.15, 0.2) is 21.5 Å². The van der Waals surface area contributed by atoms with Gasteiger partial charge in [0.1, 0.15) is 18.7 Å². The maximum absolute atomic E-state index is 10.1. The monoisotopic (exact) mass is 285 g/mol. The lowest BCUT2D eigenvalue weighted by atomic mass is 10.3. The summed E-state index contributed by atoms with van der Waals surface area (Å²) in [7, 11) is 1.78. The SMILES string of the molecule is Cn1ncnc1-c1cc(COC=O)oc1Br. The van der Waals surface area contributed by atoms with Crippen molar-refractivity contribution in [1.82, 2.24) is 14.8 Å². The Hall–Kier alpha value is -1.63. The van der Waals surface area contributed by atoms with Gasteiger partial charge in [0.2, 0.25) is 0 Å². The first kappa shape index (κ1) is 10.9. The van der Waals surface area contributed by atoms with E-state index in [9.17, 15) is 4.79 Å². The molecule has 0 fully saturated rings. The summed E-state index contributed by atoms with van der Waals surface area (Å²) < 4.78 is 12.1. The molecular weight excluding hydrogens is 278 g/mol. The van der Waals surface area contributed by atoms with E-state index < -0.39 is 0 Å². The van der Waals surface area contributed by atoms with Crippen molar-refractivity contribution in [3.63, 3.8) is 0 Å². The van der Waals surface area contributed by atoms with Crippen molar-refractivity contribution < 1.29 is 13.9 Å². The molecule has 0 N–H and O–H groups in total. The van der Waals surface area contributed by atoms with Crippen molar-refractivity contribution in [2.45, 2.75) is 6.61 Å². The summed E-state index contributed by atoms with van der Waals surface area (Å²) >= 11 is 3.27. The number of furan rings is 1. The third-order valence-corrected chi connectivity index (χ3v) is 2.57. The standard InChI is InChI=1S/C9H8BrN3O3/c1-13-9(11-4-12-13)7-2-6(3-15-5-14)16-8(7)10/h2,4-5H,3H2,1H3. The smallest absolute Gasteiger partial charge is 0.293 e. The molecule has 84 valence electrons. The minimum Gasteiger partial charge on any atom is -0.460 e. The minimum absolute atomic E-state index is 0.0972. The Balaban J connectivity index is 2.32. The topological polar surface area (TPSA) is 70.2 Å². The molecule has 0 aliphatic heterocycles. The molecule has 0 saturated carbocycles. The average molecular weight is 286 g/mol. The van der Waals surface area contributed by atoms with E-state index in [1.54, 1.807) is 17.8 Å². The van der Waals surface area contributed by atoms with Crippen molar-refractivity contribution in [2.75, 3.05) is 0 Å². The maximum atomic E-state index is 10.1. The molecule has 2 rings (SSSR count). The van der Waals surface area contributed by atoms with Gasteiger partial charge >= 0.3 is 0 Å². The Kier molecular flexibility index (Phi) is 3.04. The number of aromatic nitrogens is 3. The van der Waals surface area contributed by atoms with Crippen molar-refractivity contribution in [1.29, 1.82) is 0 Å². The minimum atomic E-state index is 0.0972. The van der Waals surface area contributed by atoms with Crippen LogP contribution < -0.4 is 0 Å². The molecule has 2 heterocycles.